The van der Waals surface area contributed by atoms with E-state index in [0.29, 0.717) is 17.2 Å². The fourth-order valence-corrected chi connectivity index (χ4v) is 2.95. The molecule has 27 heavy (non-hydrogen) atoms. The largest absolute Gasteiger partial charge is 0.340 e. The number of hydrogen-bond donors (Lipinski definition) is 1. The monoisotopic (exact) mass is 357 g/mol. The number of fused-ring (bicyclic) bond motifs is 1. The summed E-state index contributed by atoms with van der Waals surface area (Å²) in [5.74, 6) is 1.99. The van der Waals surface area contributed by atoms with Crippen molar-refractivity contribution < 1.29 is 4.79 Å². The third kappa shape index (κ3) is 3.29. The van der Waals surface area contributed by atoms with Crippen LogP contribution in [-0.2, 0) is 0 Å². The minimum absolute atomic E-state index is 0.0443. The topological polar surface area (TPSA) is 72.2 Å². The van der Waals surface area contributed by atoms with Crippen LogP contribution in [0.25, 0.3) is 17.2 Å². The second kappa shape index (κ2) is 6.64. The molecule has 0 amide bonds. The van der Waals surface area contributed by atoms with Crippen molar-refractivity contribution in [1.29, 1.82) is 0 Å². The molecule has 0 saturated heterocycles. The number of benzene rings is 2. The second-order valence-corrected chi connectivity index (χ2v) is 6.50. The number of carbonyl (C=O) groups is 1. The standard InChI is InChI=1S/C21H19N5O/c1-13-6-4-5-7-18(13)20-24-21-22-14(2)12-19(26(21)25-20)23-17-10-8-16(9-11-17)15(3)27/h4-12,23H,1-3H3. The number of hydrogen-bond acceptors (Lipinski definition) is 5. The minimum Gasteiger partial charge on any atom is -0.340 e. The summed E-state index contributed by atoms with van der Waals surface area (Å²) in [5.41, 5.74) is 4.48. The number of Topliss-reactive ketones (excluding diaryl/α,β-unsaturated/α-hetero) is 1. The van der Waals surface area contributed by atoms with Crippen molar-refractivity contribution in [2.75, 3.05) is 5.32 Å². The quantitative estimate of drug-likeness (QED) is 0.550. The number of anilines is 2. The van der Waals surface area contributed by atoms with E-state index in [1.165, 1.54) is 0 Å². The van der Waals surface area contributed by atoms with Crippen molar-refractivity contribution >= 4 is 23.1 Å². The van der Waals surface area contributed by atoms with Gasteiger partial charge in [0.1, 0.15) is 5.82 Å². The van der Waals surface area contributed by atoms with Gasteiger partial charge in [-0.15, -0.1) is 5.10 Å². The zero-order valence-corrected chi connectivity index (χ0v) is 15.4. The SMILES string of the molecule is CC(=O)c1ccc(Nc2cc(C)nc3nc(-c4ccccc4C)nn23)cc1. The fraction of sp³-hybridized carbons (Fsp3) is 0.143. The third-order valence-electron chi connectivity index (χ3n) is 4.39. The summed E-state index contributed by atoms with van der Waals surface area (Å²) < 4.78 is 1.70. The number of aryl methyl sites for hydroxylation is 2. The molecule has 2 heterocycles. The smallest absolute Gasteiger partial charge is 0.254 e. The first-order valence-electron chi connectivity index (χ1n) is 8.70. The van der Waals surface area contributed by atoms with E-state index in [1.807, 2.05) is 56.3 Å². The first kappa shape index (κ1) is 16.9. The molecule has 1 N–H and O–H groups in total. The average Bonchev–Trinajstić information content (AvgIpc) is 3.06. The summed E-state index contributed by atoms with van der Waals surface area (Å²) in [6.07, 6.45) is 0. The molecule has 0 radical (unpaired) electrons. The van der Waals surface area contributed by atoms with E-state index in [4.69, 9.17) is 0 Å². The van der Waals surface area contributed by atoms with Crippen molar-refractivity contribution in [3.63, 3.8) is 0 Å². The highest BCUT2D eigenvalue weighted by molar-refractivity contribution is 5.94. The normalized spacial score (nSPS) is 10.9. The van der Waals surface area contributed by atoms with Crippen LogP contribution in [-0.4, -0.2) is 25.4 Å². The van der Waals surface area contributed by atoms with E-state index >= 15 is 0 Å². The Morgan fingerprint density at radius 3 is 2.44 bits per heavy atom. The first-order valence-corrected chi connectivity index (χ1v) is 8.70. The molecule has 0 bridgehead atoms. The van der Waals surface area contributed by atoms with Gasteiger partial charge in [0.25, 0.3) is 5.78 Å². The molecule has 134 valence electrons. The summed E-state index contributed by atoms with van der Waals surface area (Å²) in [6.45, 7) is 5.52. The van der Waals surface area contributed by atoms with Crippen molar-refractivity contribution in [3.8, 4) is 11.4 Å². The lowest BCUT2D eigenvalue weighted by Crippen LogP contribution is -2.03. The highest BCUT2D eigenvalue weighted by atomic mass is 16.1. The van der Waals surface area contributed by atoms with Crippen LogP contribution in [0.4, 0.5) is 11.5 Å². The Labute approximate surface area is 156 Å². The number of carbonyl (C=O) groups excluding carboxylic acids is 1. The van der Waals surface area contributed by atoms with Gasteiger partial charge in [-0.05, 0) is 50.6 Å². The van der Waals surface area contributed by atoms with E-state index in [0.717, 1.165) is 28.3 Å². The van der Waals surface area contributed by atoms with E-state index < -0.39 is 0 Å². The van der Waals surface area contributed by atoms with Crippen LogP contribution in [0.2, 0.25) is 0 Å². The van der Waals surface area contributed by atoms with Gasteiger partial charge in [0, 0.05) is 28.6 Å². The van der Waals surface area contributed by atoms with Crippen molar-refractivity contribution in [2.45, 2.75) is 20.8 Å². The number of nitrogens with zero attached hydrogens (tertiary/aromatic N) is 4. The first-order chi connectivity index (χ1) is 13.0. The summed E-state index contributed by atoms with van der Waals surface area (Å²) in [6, 6.07) is 17.3. The maximum atomic E-state index is 11.4. The van der Waals surface area contributed by atoms with Crippen LogP contribution in [0.5, 0.6) is 0 Å². The lowest BCUT2D eigenvalue weighted by molar-refractivity contribution is 0.101. The molecule has 0 aliphatic carbocycles. The predicted octanol–water partition coefficient (Wildman–Crippen LogP) is 4.35. The zero-order chi connectivity index (χ0) is 19.0. The lowest BCUT2D eigenvalue weighted by Gasteiger charge is -2.09. The van der Waals surface area contributed by atoms with Gasteiger partial charge < -0.3 is 5.32 Å². The molecule has 0 spiro atoms. The van der Waals surface area contributed by atoms with Gasteiger partial charge in [-0.1, -0.05) is 24.3 Å². The number of aromatic nitrogens is 4. The Balaban J connectivity index is 1.76. The fourth-order valence-electron chi connectivity index (χ4n) is 2.95. The maximum absolute atomic E-state index is 11.4. The summed E-state index contributed by atoms with van der Waals surface area (Å²) in [4.78, 5) is 20.5. The van der Waals surface area contributed by atoms with Gasteiger partial charge in [0.15, 0.2) is 11.6 Å². The van der Waals surface area contributed by atoms with Crippen LogP contribution < -0.4 is 5.32 Å². The summed E-state index contributed by atoms with van der Waals surface area (Å²) >= 11 is 0. The van der Waals surface area contributed by atoms with Crippen LogP contribution >= 0.6 is 0 Å². The predicted molar refractivity (Wildman–Crippen MR) is 105 cm³/mol. The molecular weight excluding hydrogens is 338 g/mol. The molecule has 2 aromatic heterocycles. The highest BCUT2D eigenvalue weighted by Crippen LogP contribution is 2.23. The zero-order valence-electron chi connectivity index (χ0n) is 15.4. The second-order valence-electron chi connectivity index (χ2n) is 6.50. The molecule has 0 saturated carbocycles. The van der Waals surface area contributed by atoms with Crippen molar-refractivity contribution in [1.82, 2.24) is 19.6 Å². The Kier molecular flexibility index (Phi) is 4.16. The van der Waals surface area contributed by atoms with Crippen LogP contribution in [0, 0.1) is 13.8 Å². The van der Waals surface area contributed by atoms with Gasteiger partial charge in [-0.2, -0.15) is 9.50 Å². The van der Waals surface area contributed by atoms with Crippen molar-refractivity contribution in [3.05, 3.63) is 71.4 Å². The molecule has 0 unspecified atom stereocenters. The van der Waals surface area contributed by atoms with Gasteiger partial charge in [0.2, 0.25) is 0 Å². The highest BCUT2D eigenvalue weighted by Gasteiger charge is 2.13. The molecule has 6 heteroatoms. The van der Waals surface area contributed by atoms with Crippen molar-refractivity contribution in [2.24, 2.45) is 0 Å². The van der Waals surface area contributed by atoms with E-state index in [9.17, 15) is 4.79 Å². The van der Waals surface area contributed by atoms with Gasteiger partial charge >= 0.3 is 0 Å². The molecule has 0 aliphatic rings. The van der Waals surface area contributed by atoms with Gasteiger partial charge in [-0.3, -0.25) is 4.79 Å². The molecule has 0 aliphatic heterocycles. The molecule has 6 nitrogen and oxygen atoms in total. The molecule has 2 aromatic carbocycles. The Morgan fingerprint density at radius 2 is 1.74 bits per heavy atom. The Hall–Kier alpha value is -3.54. The van der Waals surface area contributed by atoms with E-state index in [-0.39, 0.29) is 5.78 Å². The van der Waals surface area contributed by atoms with Crippen LogP contribution in [0.15, 0.2) is 54.6 Å². The summed E-state index contributed by atoms with van der Waals surface area (Å²) in [5, 5.41) is 8.00. The molecule has 4 aromatic rings. The minimum atomic E-state index is 0.0443. The maximum Gasteiger partial charge on any atom is 0.254 e. The molecule has 0 fully saturated rings. The van der Waals surface area contributed by atoms with E-state index in [1.54, 1.807) is 23.6 Å². The third-order valence-corrected chi connectivity index (χ3v) is 4.39. The van der Waals surface area contributed by atoms with E-state index in [2.05, 4.69) is 20.4 Å². The number of rotatable bonds is 4. The molecule has 4 rings (SSSR count). The summed E-state index contributed by atoms with van der Waals surface area (Å²) in [7, 11) is 0. The van der Waals surface area contributed by atoms with Gasteiger partial charge in [-0.25, -0.2) is 4.98 Å². The van der Waals surface area contributed by atoms with Crippen LogP contribution in [0.1, 0.15) is 28.5 Å². The number of ketones is 1. The van der Waals surface area contributed by atoms with Crippen LogP contribution in [0.3, 0.4) is 0 Å². The Morgan fingerprint density at radius 1 is 1.00 bits per heavy atom. The molecular formula is C21H19N5O. The van der Waals surface area contributed by atoms with Gasteiger partial charge in [0.05, 0.1) is 0 Å². The Bertz CT molecular complexity index is 1150. The molecule has 0 atom stereocenters. The lowest BCUT2D eigenvalue weighted by atomic mass is 10.1. The average molecular weight is 357 g/mol. The number of nitrogens with one attached hydrogen (secondary N) is 1.